The number of nitrogens with one attached hydrogen (secondary N) is 1. The van der Waals surface area contributed by atoms with Gasteiger partial charge >= 0.3 is 5.97 Å². The Kier molecular flexibility index (Phi) is 5.33. The normalized spacial score (nSPS) is 14.0. The van der Waals surface area contributed by atoms with Gasteiger partial charge in [-0.15, -0.1) is 0 Å². The van der Waals surface area contributed by atoms with E-state index < -0.39 is 5.97 Å². The van der Waals surface area contributed by atoms with Crippen molar-refractivity contribution >= 4 is 17.6 Å². The van der Waals surface area contributed by atoms with E-state index >= 15 is 0 Å². The second-order valence-corrected chi connectivity index (χ2v) is 5.45. The Hall–Kier alpha value is -1.88. The number of carboxylic acids is 1. The van der Waals surface area contributed by atoms with Gasteiger partial charge in [-0.25, -0.2) is 0 Å². The number of rotatable bonds is 8. The summed E-state index contributed by atoms with van der Waals surface area (Å²) in [5.74, 6) is -0.920. The van der Waals surface area contributed by atoms with E-state index in [-0.39, 0.29) is 18.9 Å². The molecule has 0 spiro atoms. The molecule has 1 aromatic carbocycles. The molecule has 2 N–H and O–H groups in total. The maximum absolute atomic E-state index is 12.4. The molecule has 21 heavy (non-hydrogen) atoms. The highest BCUT2D eigenvalue weighted by atomic mass is 16.4. The Balaban J connectivity index is 2.01. The van der Waals surface area contributed by atoms with Crippen LogP contribution in [0.3, 0.4) is 0 Å². The van der Waals surface area contributed by atoms with Gasteiger partial charge in [-0.2, -0.15) is 0 Å². The average molecular weight is 290 g/mol. The number of benzene rings is 1. The summed E-state index contributed by atoms with van der Waals surface area (Å²) < 4.78 is 0. The third-order valence-electron chi connectivity index (χ3n) is 3.61. The lowest BCUT2D eigenvalue weighted by atomic mass is 10.1. The van der Waals surface area contributed by atoms with E-state index in [9.17, 15) is 9.59 Å². The number of carboxylic acid groups (broad SMARTS) is 1. The molecule has 2 rings (SSSR count). The van der Waals surface area contributed by atoms with Gasteiger partial charge in [0, 0.05) is 31.2 Å². The highest BCUT2D eigenvalue weighted by molar-refractivity contribution is 5.94. The second kappa shape index (κ2) is 7.22. The third-order valence-corrected chi connectivity index (χ3v) is 3.61. The van der Waals surface area contributed by atoms with Gasteiger partial charge in [0.25, 0.3) is 0 Å². The number of hydrogen-bond acceptors (Lipinski definition) is 3. The molecule has 0 atom stereocenters. The molecular formula is C16H22N2O3. The smallest absolute Gasteiger partial charge is 0.305 e. The molecule has 5 nitrogen and oxygen atoms in total. The van der Waals surface area contributed by atoms with Crippen LogP contribution in [-0.4, -0.2) is 36.1 Å². The summed E-state index contributed by atoms with van der Waals surface area (Å²) in [5.41, 5.74) is 1.78. The van der Waals surface area contributed by atoms with Crippen molar-refractivity contribution in [1.82, 2.24) is 5.32 Å². The first-order chi connectivity index (χ1) is 10.1. The Bertz CT molecular complexity index is 512. The molecule has 1 aliphatic rings. The first-order valence-electron chi connectivity index (χ1n) is 7.39. The summed E-state index contributed by atoms with van der Waals surface area (Å²) in [7, 11) is 0. The molecule has 0 aromatic heterocycles. The van der Waals surface area contributed by atoms with Crippen molar-refractivity contribution in [3.63, 3.8) is 0 Å². The van der Waals surface area contributed by atoms with Gasteiger partial charge in [0.1, 0.15) is 0 Å². The molecule has 1 aromatic rings. The number of anilines is 1. The molecule has 0 heterocycles. The predicted molar refractivity (Wildman–Crippen MR) is 81.4 cm³/mol. The SMILES string of the molecule is Cc1ccccc1N(CCC(=O)O)C(=O)CCNC1CC1. The topological polar surface area (TPSA) is 69.6 Å². The van der Waals surface area contributed by atoms with Crippen LogP contribution in [0.1, 0.15) is 31.2 Å². The lowest BCUT2D eigenvalue weighted by molar-refractivity contribution is -0.136. The minimum absolute atomic E-state index is 0.0290. The number of para-hydroxylation sites is 1. The minimum Gasteiger partial charge on any atom is -0.481 e. The molecule has 0 aliphatic heterocycles. The van der Waals surface area contributed by atoms with E-state index in [1.807, 2.05) is 31.2 Å². The fourth-order valence-electron chi connectivity index (χ4n) is 2.26. The van der Waals surface area contributed by atoms with Crippen molar-refractivity contribution in [3.05, 3.63) is 29.8 Å². The van der Waals surface area contributed by atoms with Gasteiger partial charge in [-0.3, -0.25) is 9.59 Å². The zero-order valence-corrected chi connectivity index (χ0v) is 12.3. The van der Waals surface area contributed by atoms with Crippen LogP contribution >= 0.6 is 0 Å². The van der Waals surface area contributed by atoms with Gasteiger partial charge < -0.3 is 15.3 Å². The molecule has 0 saturated heterocycles. The number of carbonyl (C=O) groups is 2. The number of amides is 1. The summed E-state index contributed by atoms with van der Waals surface area (Å²) in [6, 6.07) is 8.14. The highest BCUT2D eigenvalue weighted by Gasteiger charge is 2.22. The van der Waals surface area contributed by atoms with Gasteiger partial charge in [0.15, 0.2) is 0 Å². The molecule has 0 radical (unpaired) electrons. The maximum atomic E-state index is 12.4. The van der Waals surface area contributed by atoms with Gasteiger partial charge in [0.2, 0.25) is 5.91 Å². The first-order valence-corrected chi connectivity index (χ1v) is 7.39. The number of carbonyl (C=O) groups excluding carboxylic acids is 1. The summed E-state index contributed by atoms with van der Waals surface area (Å²) in [6.07, 6.45) is 2.73. The Morgan fingerprint density at radius 2 is 2.00 bits per heavy atom. The molecule has 5 heteroatoms. The molecule has 114 valence electrons. The van der Waals surface area contributed by atoms with Crippen molar-refractivity contribution in [3.8, 4) is 0 Å². The van der Waals surface area contributed by atoms with Crippen LogP contribution in [0.15, 0.2) is 24.3 Å². The van der Waals surface area contributed by atoms with Gasteiger partial charge in [0.05, 0.1) is 6.42 Å². The van der Waals surface area contributed by atoms with Gasteiger partial charge in [-0.1, -0.05) is 18.2 Å². The summed E-state index contributed by atoms with van der Waals surface area (Å²) >= 11 is 0. The maximum Gasteiger partial charge on any atom is 0.305 e. The van der Waals surface area contributed by atoms with Crippen molar-refractivity contribution < 1.29 is 14.7 Å². The van der Waals surface area contributed by atoms with Crippen molar-refractivity contribution in [2.45, 2.75) is 38.6 Å². The van der Waals surface area contributed by atoms with E-state index in [4.69, 9.17) is 5.11 Å². The van der Waals surface area contributed by atoms with E-state index in [1.54, 1.807) is 4.90 Å². The van der Waals surface area contributed by atoms with Gasteiger partial charge in [-0.05, 0) is 31.4 Å². The van der Waals surface area contributed by atoms with E-state index in [2.05, 4.69) is 5.32 Å². The van der Waals surface area contributed by atoms with Crippen LogP contribution in [0.25, 0.3) is 0 Å². The van der Waals surface area contributed by atoms with E-state index in [0.717, 1.165) is 11.3 Å². The lowest BCUT2D eigenvalue weighted by Crippen LogP contribution is -2.35. The second-order valence-electron chi connectivity index (χ2n) is 5.45. The lowest BCUT2D eigenvalue weighted by Gasteiger charge is -2.24. The molecule has 1 aliphatic carbocycles. The van der Waals surface area contributed by atoms with Crippen molar-refractivity contribution in [1.29, 1.82) is 0 Å². The van der Waals surface area contributed by atoms with Crippen LogP contribution in [0.5, 0.6) is 0 Å². The largest absolute Gasteiger partial charge is 0.481 e. The minimum atomic E-state index is -0.891. The predicted octanol–water partition coefficient (Wildman–Crippen LogP) is 1.94. The van der Waals surface area contributed by atoms with E-state index in [0.29, 0.717) is 19.0 Å². The third kappa shape index (κ3) is 4.86. The van der Waals surface area contributed by atoms with Crippen LogP contribution in [0, 0.1) is 6.92 Å². The van der Waals surface area contributed by atoms with Crippen molar-refractivity contribution in [2.24, 2.45) is 0 Å². The first kappa shape index (κ1) is 15.5. The number of nitrogens with zero attached hydrogens (tertiary/aromatic N) is 1. The number of hydrogen-bond donors (Lipinski definition) is 2. The number of aliphatic carboxylic acids is 1. The highest BCUT2D eigenvalue weighted by Crippen LogP contribution is 2.21. The fourth-order valence-corrected chi connectivity index (χ4v) is 2.26. The zero-order valence-electron chi connectivity index (χ0n) is 12.3. The average Bonchev–Trinajstić information content (AvgIpc) is 3.25. The molecule has 0 bridgehead atoms. The molecule has 1 amide bonds. The zero-order chi connectivity index (χ0) is 15.2. The Labute approximate surface area is 125 Å². The van der Waals surface area contributed by atoms with Crippen LogP contribution < -0.4 is 10.2 Å². The fraction of sp³-hybridized carbons (Fsp3) is 0.500. The standard InChI is InChI=1S/C16H22N2O3/c1-12-4-2-3-5-14(12)18(11-9-16(20)21)15(19)8-10-17-13-6-7-13/h2-5,13,17H,6-11H2,1H3,(H,20,21). The van der Waals surface area contributed by atoms with Crippen molar-refractivity contribution in [2.75, 3.05) is 18.0 Å². The summed E-state index contributed by atoms with van der Waals surface area (Å²) in [4.78, 5) is 24.8. The summed E-state index contributed by atoms with van der Waals surface area (Å²) in [6.45, 7) is 2.79. The van der Waals surface area contributed by atoms with Crippen LogP contribution in [0.2, 0.25) is 0 Å². The summed E-state index contributed by atoms with van der Waals surface area (Å²) in [5, 5.41) is 12.2. The molecular weight excluding hydrogens is 268 g/mol. The molecule has 1 fully saturated rings. The van der Waals surface area contributed by atoms with Crippen LogP contribution in [0.4, 0.5) is 5.69 Å². The monoisotopic (exact) mass is 290 g/mol. The quantitative estimate of drug-likeness (QED) is 0.767. The molecule has 0 unspecified atom stereocenters. The molecule has 1 saturated carbocycles. The Morgan fingerprint density at radius 3 is 2.62 bits per heavy atom. The van der Waals surface area contributed by atoms with E-state index in [1.165, 1.54) is 12.8 Å². The Morgan fingerprint density at radius 1 is 1.29 bits per heavy atom. The number of aryl methyl sites for hydroxylation is 1. The van der Waals surface area contributed by atoms with Crippen LogP contribution in [-0.2, 0) is 9.59 Å².